The van der Waals surface area contributed by atoms with Crippen LogP contribution in [0.1, 0.15) is 43.4 Å². The van der Waals surface area contributed by atoms with Crippen molar-refractivity contribution >= 4 is 32.2 Å². The molecule has 1 aliphatic carbocycles. The number of nitrogens with one attached hydrogen (secondary N) is 2. The Hall–Kier alpha value is -2.78. The van der Waals surface area contributed by atoms with Crippen LogP contribution in [0.5, 0.6) is 11.5 Å². The van der Waals surface area contributed by atoms with Crippen molar-refractivity contribution in [2.45, 2.75) is 56.9 Å². The molecule has 1 fully saturated rings. The second-order valence-electron chi connectivity index (χ2n) is 8.56. The molecule has 1 heterocycles. The third-order valence-corrected chi connectivity index (χ3v) is 8.65. The van der Waals surface area contributed by atoms with Gasteiger partial charge < -0.3 is 14.8 Å². The summed E-state index contributed by atoms with van der Waals surface area (Å²) in [6, 6.07) is 10.9. The number of thiazole rings is 1. The van der Waals surface area contributed by atoms with Gasteiger partial charge in [-0.05, 0) is 74.2 Å². The molecule has 4 rings (SSSR count). The van der Waals surface area contributed by atoms with Crippen LogP contribution in [0.3, 0.4) is 0 Å². The van der Waals surface area contributed by atoms with E-state index in [0.29, 0.717) is 17.5 Å². The highest BCUT2D eigenvalue weighted by molar-refractivity contribution is 7.92. The second kappa shape index (κ2) is 10.2. The maximum absolute atomic E-state index is 13.4. The van der Waals surface area contributed by atoms with E-state index in [9.17, 15) is 8.42 Å². The van der Waals surface area contributed by atoms with Crippen molar-refractivity contribution in [3.63, 3.8) is 0 Å². The number of benzene rings is 2. The van der Waals surface area contributed by atoms with Crippen molar-refractivity contribution in [2.75, 3.05) is 24.3 Å². The highest BCUT2D eigenvalue weighted by atomic mass is 32.2. The fourth-order valence-corrected chi connectivity index (χ4v) is 6.62. The molecule has 0 radical (unpaired) electrons. The molecule has 1 aromatic heterocycles. The minimum absolute atomic E-state index is 0.0808. The molecular formula is C25H31N3O4S2. The van der Waals surface area contributed by atoms with Gasteiger partial charge in [-0.2, -0.15) is 0 Å². The number of anilines is 2. The molecule has 7 nitrogen and oxygen atoms in total. The predicted octanol–water partition coefficient (Wildman–Crippen LogP) is 5.99. The van der Waals surface area contributed by atoms with E-state index in [1.54, 1.807) is 48.8 Å². The summed E-state index contributed by atoms with van der Waals surface area (Å²) < 4.78 is 40.1. The van der Waals surface area contributed by atoms with E-state index in [-0.39, 0.29) is 10.6 Å². The molecule has 34 heavy (non-hydrogen) atoms. The van der Waals surface area contributed by atoms with Crippen LogP contribution >= 0.6 is 11.3 Å². The minimum atomic E-state index is -3.90. The number of methoxy groups -OCH3 is 2. The van der Waals surface area contributed by atoms with Crippen LogP contribution < -0.4 is 19.5 Å². The fourth-order valence-electron chi connectivity index (χ4n) is 4.25. The molecule has 9 heteroatoms. The molecule has 2 aromatic carbocycles. The number of ether oxygens (including phenoxy) is 2. The van der Waals surface area contributed by atoms with Crippen molar-refractivity contribution in [3.8, 4) is 21.9 Å². The van der Waals surface area contributed by atoms with Crippen LogP contribution in [0.4, 0.5) is 10.8 Å². The van der Waals surface area contributed by atoms with E-state index in [2.05, 4.69) is 10.0 Å². The topological polar surface area (TPSA) is 89.5 Å². The number of aryl methyl sites for hydroxylation is 2. The monoisotopic (exact) mass is 501 g/mol. The molecule has 3 aromatic rings. The zero-order valence-electron chi connectivity index (χ0n) is 20.0. The summed E-state index contributed by atoms with van der Waals surface area (Å²) in [5.74, 6) is 0.948. The number of rotatable bonds is 8. The van der Waals surface area contributed by atoms with E-state index in [1.807, 2.05) is 19.9 Å². The number of aromatic nitrogens is 1. The Bertz CT molecular complexity index is 1270. The molecule has 0 amide bonds. The molecule has 0 spiro atoms. The normalized spacial score (nSPS) is 14.6. The van der Waals surface area contributed by atoms with Crippen LogP contribution in [0, 0.1) is 13.8 Å². The summed E-state index contributed by atoms with van der Waals surface area (Å²) in [7, 11) is -0.860. The number of nitrogens with zero attached hydrogens (tertiary/aromatic N) is 1. The lowest BCUT2D eigenvalue weighted by Gasteiger charge is -2.22. The maximum Gasteiger partial charge on any atom is 0.265 e. The molecule has 2 N–H and O–H groups in total. The Labute approximate surface area is 205 Å². The highest BCUT2D eigenvalue weighted by Crippen LogP contribution is 2.38. The van der Waals surface area contributed by atoms with Crippen molar-refractivity contribution < 1.29 is 17.9 Å². The van der Waals surface area contributed by atoms with Gasteiger partial charge in [-0.3, -0.25) is 4.72 Å². The zero-order chi connectivity index (χ0) is 24.3. The summed E-state index contributed by atoms with van der Waals surface area (Å²) in [6.07, 6.45) is 6.11. The van der Waals surface area contributed by atoms with E-state index in [0.717, 1.165) is 39.7 Å². The molecule has 182 valence electrons. The van der Waals surface area contributed by atoms with E-state index in [4.69, 9.17) is 14.5 Å². The Morgan fingerprint density at radius 1 is 1.00 bits per heavy atom. The number of hydrogen-bond acceptors (Lipinski definition) is 7. The van der Waals surface area contributed by atoms with Gasteiger partial charge in [0.15, 0.2) is 5.13 Å². The Morgan fingerprint density at radius 3 is 2.44 bits per heavy atom. The highest BCUT2D eigenvalue weighted by Gasteiger charge is 2.23. The first-order chi connectivity index (χ1) is 16.3. The van der Waals surface area contributed by atoms with E-state index < -0.39 is 10.0 Å². The van der Waals surface area contributed by atoms with Gasteiger partial charge in [-0.1, -0.05) is 30.6 Å². The average Bonchev–Trinajstić information content (AvgIpc) is 3.20. The first-order valence-corrected chi connectivity index (χ1v) is 13.7. The van der Waals surface area contributed by atoms with Crippen LogP contribution in [0.25, 0.3) is 10.4 Å². The van der Waals surface area contributed by atoms with Crippen molar-refractivity contribution in [1.29, 1.82) is 0 Å². The molecule has 0 bridgehead atoms. The zero-order valence-corrected chi connectivity index (χ0v) is 21.6. The molecule has 1 saturated carbocycles. The molecular weight excluding hydrogens is 470 g/mol. The Morgan fingerprint density at radius 2 is 1.76 bits per heavy atom. The molecule has 0 atom stereocenters. The molecule has 0 saturated heterocycles. The van der Waals surface area contributed by atoms with Crippen LogP contribution in [-0.4, -0.2) is 33.7 Å². The average molecular weight is 502 g/mol. The summed E-state index contributed by atoms with van der Waals surface area (Å²) in [5, 5.41) is 4.45. The van der Waals surface area contributed by atoms with Gasteiger partial charge >= 0.3 is 0 Å². The maximum atomic E-state index is 13.4. The Kier molecular flexibility index (Phi) is 7.33. The summed E-state index contributed by atoms with van der Waals surface area (Å²) in [4.78, 5) is 5.73. The van der Waals surface area contributed by atoms with Crippen molar-refractivity contribution in [1.82, 2.24) is 4.98 Å². The van der Waals surface area contributed by atoms with Gasteiger partial charge in [-0.15, -0.1) is 0 Å². The van der Waals surface area contributed by atoms with Gasteiger partial charge in [0.1, 0.15) is 16.4 Å². The SMILES string of the molecule is COc1ccc(NS(=O)(=O)c2cc(-c3sc(NC4CCCCC4)nc3C)ccc2OC)c(C)c1. The quantitative estimate of drug-likeness (QED) is 0.394. The number of hydrogen-bond donors (Lipinski definition) is 2. The fraction of sp³-hybridized carbons (Fsp3) is 0.400. The predicted molar refractivity (Wildman–Crippen MR) is 138 cm³/mol. The van der Waals surface area contributed by atoms with Gasteiger partial charge in [-0.25, -0.2) is 13.4 Å². The summed E-state index contributed by atoms with van der Waals surface area (Å²) >= 11 is 1.56. The van der Waals surface area contributed by atoms with Crippen molar-refractivity contribution in [2.24, 2.45) is 0 Å². The first-order valence-electron chi connectivity index (χ1n) is 11.4. The van der Waals surface area contributed by atoms with Gasteiger partial charge in [0.25, 0.3) is 10.0 Å². The lowest BCUT2D eigenvalue weighted by atomic mass is 9.96. The summed E-state index contributed by atoms with van der Waals surface area (Å²) in [6.45, 7) is 3.78. The van der Waals surface area contributed by atoms with E-state index >= 15 is 0 Å². The molecule has 0 aliphatic heterocycles. The van der Waals surface area contributed by atoms with E-state index in [1.165, 1.54) is 26.4 Å². The molecule has 1 aliphatic rings. The van der Waals surface area contributed by atoms with Gasteiger partial charge in [0, 0.05) is 6.04 Å². The lowest BCUT2D eigenvalue weighted by Crippen LogP contribution is -2.21. The molecule has 0 unspecified atom stereocenters. The van der Waals surface area contributed by atoms with Crippen LogP contribution in [0.15, 0.2) is 41.3 Å². The minimum Gasteiger partial charge on any atom is -0.497 e. The second-order valence-corrected chi connectivity index (χ2v) is 11.2. The lowest BCUT2D eigenvalue weighted by molar-refractivity contribution is 0.403. The summed E-state index contributed by atoms with van der Waals surface area (Å²) in [5.41, 5.74) is 2.91. The van der Waals surface area contributed by atoms with Crippen LogP contribution in [-0.2, 0) is 10.0 Å². The smallest absolute Gasteiger partial charge is 0.265 e. The number of sulfonamides is 1. The first kappa shape index (κ1) is 24.3. The standard InChI is InChI=1S/C25H31N3O4S2/c1-16-14-20(31-3)11-12-21(16)28-34(29,30)23-15-18(10-13-22(23)32-4)24-17(2)26-25(33-24)27-19-8-6-5-7-9-19/h10-15,19,28H,5-9H2,1-4H3,(H,26,27). The largest absolute Gasteiger partial charge is 0.497 e. The van der Waals surface area contributed by atoms with Crippen LogP contribution in [0.2, 0.25) is 0 Å². The van der Waals surface area contributed by atoms with Gasteiger partial charge in [0.05, 0.1) is 30.5 Å². The van der Waals surface area contributed by atoms with Crippen molar-refractivity contribution in [3.05, 3.63) is 47.7 Å². The van der Waals surface area contributed by atoms with Gasteiger partial charge in [0.2, 0.25) is 0 Å². The third-order valence-electron chi connectivity index (χ3n) is 6.12. The Balaban J connectivity index is 1.64. The third kappa shape index (κ3) is 5.31.